The minimum absolute atomic E-state index is 0.250. The molecule has 1 saturated heterocycles. The van der Waals surface area contributed by atoms with E-state index in [1.165, 1.54) is 0 Å². The predicted octanol–water partition coefficient (Wildman–Crippen LogP) is 1.97. The van der Waals surface area contributed by atoms with Crippen molar-refractivity contribution in [1.29, 1.82) is 0 Å². The predicted molar refractivity (Wildman–Crippen MR) is 70.0 cm³/mol. The molecule has 0 bridgehead atoms. The van der Waals surface area contributed by atoms with Crippen LogP contribution >= 0.6 is 0 Å². The number of nitrogens with zero attached hydrogens (tertiary/aromatic N) is 2. The van der Waals surface area contributed by atoms with Crippen LogP contribution in [-0.2, 0) is 11.3 Å². The summed E-state index contributed by atoms with van der Waals surface area (Å²) in [7, 11) is 0. The molecular formula is C14H22N2O2. The summed E-state index contributed by atoms with van der Waals surface area (Å²) in [6.07, 6.45) is 1.70. The van der Waals surface area contributed by atoms with Crippen molar-refractivity contribution in [2.24, 2.45) is 5.41 Å². The Hall–Kier alpha value is -1.29. The third-order valence-corrected chi connectivity index (χ3v) is 3.26. The number of rotatable bonds is 2. The molecule has 0 spiro atoms. The van der Waals surface area contributed by atoms with Crippen LogP contribution < -0.4 is 0 Å². The number of carbonyl (C=O) groups is 1. The second-order valence-electron chi connectivity index (χ2n) is 5.90. The average Bonchev–Trinajstić information content (AvgIpc) is 2.81. The van der Waals surface area contributed by atoms with Gasteiger partial charge in [-0.1, -0.05) is 20.8 Å². The van der Waals surface area contributed by atoms with E-state index < -0.39 is 0 Å². The van der Waals surface area contributed by atoms with Crippen LogP contribution in [0.1, 0.15) is 26.5 Å². The molecule has 1 aliphatic rings. The van der Waals surface area contributed by atoms with Gasteiger partial charge in [-0.2, -0.15) is 0 Å². The highest BCUT2D eigenvalue weighted by atomic mass is 16.3. The minimum Gasteiger partial charge on any atom is -0.468 e. The first-order valence-electron chi connectivity index (χ1n) is 6.51. The number of hydrogen-bond donors (Lipinski definition) is 0. The van der Waals surface area contributed by atoms with Crippen LogP contribution in [0.15, 0.2) is 22.8 Å². The highest BCUT2D eigenvalue weighted by molar-refractivity contribution is 5.81. The van der Waals surface area contributed by atoms with Crippen LogP contribution in [0.25, 0.3) is 0 Å². The Balaban J connectivity index is 1.83. The molecule has 1 aromatic heterocycles. The Kier molecular flexibility index (Phi) is 3.76. The van der Waals surface area contributed by atoms with Gasteiger partial charge >= 0.3 is 0 Å². The summed E-state index contributed by atoms with van der Waals surface area (Å²) in [6.45, 7) is 10.2. The van der Waals surface area contributed by atoms with Gasteiger partial charge in [0.1, 0.15) is 5.76 Å². The van der Waals surface area contributed by atoms with Crippen LogP contribution in [0.3, 0.4) is 0 Å². The van der Waals surface area contributed by atoms with Crippen LogP contribution in [0.4, 0.5) is 0 Å². The summed E-state index contributed by atoms with van der Waals surface area (Å²) in [5.74, 6) is 1.24. The first-order chi connectivity index (χ1) is 8.47. The van der Waals surface area contributed by atoms with Crippen LogP contribution in [-0.4, -0.2) is 41.9 Å². The Morgan fingerprint density at radius 2 is 1.94 bits per heavy atom. The molecular weight excluding hydrogens is 228 g/mol. The smallest absolute Gasteiger partial charge is 0.228 e. The fourth-order valence-electron chi connectivity index (χ4n) is 2.21. The molecule has 1 fully saturated rings. The van der Waals surface area contributed by atoms with Gasteiger partial charge in [-0.3, -0.25) is 9.69 Å². The molecule has 0 atom stereocenters. The molecule has 4 nitrogen and oxygen atoms in total. The maximum Gasteiger partial charge on any atom is 0.228 e. The van der Waals surface area contributed by atoms with E-state index in [-0.39, 0.29) is 11.3 Å². The Bertz CT molecular complexity index is 384. The fraction of sp³-hybridized carbons (Fsp3) is 0.643. The lowest BCUT2D eigenvalue weighted by molar-refractivity contribution is -0.141. The van der Waals surface area contributed by atoms with Gasteiger partial charge < -0.3 is 9.32 Å². The van der Waals surface area contributed by atoms with Crippen molar-refractivity contribution >= 4 is 5.91 Å². The molecule has 18 heavy (non-hydrogen) atoms. The van der Waals surface area contributed by atoms with E-state index in [0.29, 0.717) is 0 Å². The molecule has 100 valence electrons. The lowest BCUT2D eigenvalue weighted by atomic mass is 9.94. The second-order valence-corrected chi connectivity index (χ2v) is 5.90. The SMILES string of the molecule is CC(C)(C)C(=O)N1CCN(Cc2ccco2)CC1. The Morgan fingerprint density at radius 1 is 1.28 bits per heavy atom. The quantitative estimate of drug-likeness (QED) is 0.805. The largest absolute Gasteiger partial charge is 0.468 e. The van der Waals surface area contributed by atoms with E-state index in [4.69, 9.17) is 4.42 Å². The van der Waals surface area contributed by atoms with Gasteiger partial charge in [0.15, 0.2) is 0 Å². The summed E-state index contributed by atoms with van der Waals surface area (Å²) in [5, 5.41) is 0. The van der Waals surface area contributed by atoms with E-state index in [9.17, 15) is 4.79 Å². The molecule has 0 unspecified atom stereocenters. The molecule has 0 radical (unpaired) electrons. The van der Waals surface area contributed by atoms with Gasteiger partial charge in [-0.25, -0.2) is 0 Å². The van der Waals surface area contributed by atoms with Crippen molar-refractivity contribution < 1.29 is 9.21 Å². The maximum absolute atomic E-state index is 12.1. The van der Waals surface area contributed by atoms with Gasteiger partial charge in [0.2, 0.25) is 5.91 Å². The topological polar surface area (TPSA) is 36.7 Å². The number of furan rings is 1. The van der Waals surface area contributed by atoms with Crippen molar-refractivity contribution in [3.05, 3.63) is 24.2 Å². The van der Waals surface area contributed by atoms with Crippen molar-refractivity contribution in [3.8, 4) is 0 Å². The first-order valence-corrected chi connectivity index (χ1v) is 6.51. The Labute approximate surface area is 109 Å². The molecule has 2 rings (SSSR count). The normalized spacial score (nSPS) is 18.1. The third-order valence-electron chi connectivity index (χ3n) is 3.26. The molecule has 1 aromatic rings. The summed E-state index contributed by atoms with van der Waals surface area (Å²) in [6, 6.07) is 3.90. The van der Waals surface area contributed by atoms with Crippen molar-refractivity contribution in [1.82, 2.24) is 9.80 Å². The highest BCUT2D eigenvalue weighted by Gasteiger charge is 2.29. The van der Waals surface area contributed by atoms with Gasteiger partial charge in [0, 0.05) is 31.6 Å². The standard InChI is InChI=1S/C14H22N2O2/c1-14(2,3)13(17)16-8-6-15(7-9-16)11-12-5-4-10-18-12/h4-5,10H,6-9,11H2,1-3H3. The zero-order valence-corrected chi connectivity index (χ0v) is 11.5. The van der Waals surface area contributed by atoms with Gasteiger partial charge in [-0.05, 0) is 12.1 Å². The van der Waals surface area contributed by atoms with Gasteiger partial charge in [0.05, 0.1) is 12.8 Å². The molecule has 1 aliphatic heterocycles. The molecule has 0 N–H and O–H groups in total. The van der Waals surface area contributed by atoms with Gasteiger partial charge in [-0.15, -0.1) is 0 Å². The van der Waals surface area contributed by atoms with Crippen LogP contribution in [0, 0.1) is 5.41 Å². The molecule has 0 aliphatic carbocycles. The van der Waals surface area contributed by atoms with Crippen molar-refractivity contribution in [3.63, 3.8) is 0 Å². The molecule has 0 saturated carbocycles. The van der Waals surface area contributed by atoms with E-state index in [1.54, 1.807) is 6.26 Å². The number of amides is 1. The van der Waals surface area contributed by atoms with E-state index in [1.807, 2.05) is 37.8 Å². The maximum atomic E-state index is 12.1. The van der Waals surface area contributed by atoms with Crippen LogP contribution in [0.2, 0.25) is 0 Å². The van der Waals surface area contributed by atoms with E-state index >= 15 is 0 Å². The zero-order valence-electron chi connectivity index (χ0n) is 11.5. The summed E-state index contributed by atoms with van der Waals surface area (Å²) < 4.78 is 5.34. The van der Waals surface area contributed by atoms with Crippen molar-refractivity contribution in [2.45, 2.75) is 27.3 Å². The van der Waals surface area contributed by atoms with E-state index in [2.05, 4.69) is 4.90 Å². The summed E-state index contributed by atoms with van der Waals surface area (Å²) in [4.78, 5) is 16.4. The highest BCUT2D eigenvalue weighted by Crippen LogP contribution is 2.19. The molecule has 4 heteroatoms. The molecule has 1 amide bonds. The average molecular weight is 250 g/mol. The fourth-order valence-corrected chi connectivity index (χ4v) is 2.21. The summed E-state index contributed by atoms with van der Waals surface area (Å²) >= 11 is 0. The second kappa shape index (κ2) is 5.14. The first kappa shape index (κ1) is 13.1. The zero-order chi connectivity index (χ0) is 13.2. The third kappa shape index (κ3) is 3.13. The molecule has 0 aromatic carbocycles. The number of carbonyl (C=O) groups excluding carboxylic acids is 1. The van der Waals surface area contributed by atoms with Crippen molar-refractivity contribution in [2.75, 3.05) is 26.2 Å². The molecule has 2 heterocycles. The lowest BCUT2D eigenvalue weighted by Gasteiger charge is -2.37. The Morgan fingerprint density at radius 3 is 2.44 bits per heavy atom. The minimum atomic E-state index is -0.275. The van der Waals surface area contributed by atoms with E-state index in [0.717, 1.165) is 38.5 Å². The number of piperazine rings is 1. The lowest BCUT2D eigenvalue weighted by Crippen LogP contribution is -2.51. The monoisotopic (exact) mass is 250 g/mol. The van der Waals surface area contributed by atoms with Crippen LogP contribution in [0.5, 0.6) is 0 Å². The summed E-state index contributed by atoms with van der Waals surface area (Å²) in [5.41, 5.74) is -0.275. The number of hydrogen-bond acceptors (Lipinski definition) is 3. The van der Waals surface area contributed by atoms with Gasteiger partial charge in [0.25, 0.3) is 0 Å².